The van der Waals surface area contributed by atoms with E-state index in [4.69, 9.17) is 4.74 Å². The number of hydrogen-bond donors (Lipinski definition) is 2. The lowest BCUT2D eigenvalue weighted by atomic mass is 9.95. The molecule has 2 heterocycles. The number of pyridine rings is 1. The molecule has 5 heteroatoms. The first-order chi connectivity index (χ1) is 11.4. The first kappa shape index (κ1) is 17.2. The Labute approximate surface area is 144 Å². The smallest absolute Gasteiger partial charge is 0.225 e. The van der Waals surface area contributed by atoms with Crippen LogP contribution in [0.5, 0.6) is 5.75 Å². The zero-order valence-corrected chi connectivity index (χ0v) is 15.0. The molecule has 1 aromatic rings. The molecule has 0 bridgehead atoms. The van der Waals surface area contributed by atoms with E-state index in [1.54, 1.807) is 6.20 Å². The van der Waals surface area contributed by atoms with E-state index in [1.165, 1.54) is 18.4 Å². The Morgan fingerprint density at radius 2 is 2.21 bits per heavy atom. The van der Waals surface area contributed by atoms with Crippen molar-refractivity contribution in [3.63, 3.8) is 0 Å². The van der Waals surface area contributed by atoms with Crippen LogP contribution in [0.1, 0.15) is 51.5 Å². The van der Waals surface area contributed by atoms with Crippen molar-refractivity contribution in [2.75, 3.05) is 19.7 Å². The number of carbonyl (C=O) groups excluding carboxylic acids is 1. The van der Waals surface area contributed by atoms with Crippen molar-refractivity contribution in [1.82, 2.24) is 15.6 Å². The second-order valence-electron chi connectivity index (χ2n) is 8.10. The minimum Gasteiger partial charge on any atom is -0.490 e. The molecule has 1 aromatic heterocycles. The van der Waals surface area contributed by atoms with Crippen LogP contribution < -0.4 is 15.4 Å². The van der Waals surface area contributed by atoms with Gasteiger partial charge in [-0.25, -0.2) is 0 Å². The topological polar surface area (TPSA) is 63.2 Å². The molecule has 24 heavy (non-hydrogen) atoms. The van der Waals surface area contributed by atoms with Crippen molar-refractivity contribution in [2.24, 2.45) is 11.3 Å². The SMILES string of the molecule is CC(C)(C)C(=O)NCC[C@@H]1C[C@@H]1c1cncc(OC[C@@H]2CCN2)c1. The molecule has 1 amide bonds. The molecule has 3 rings (SSSR count). The highest BCUT2D eigenvalue weighted by Crippen LogP contribution is 2.49. The highest BCUT2D eigenvalue weighted by molar-refractivity contribution is 5.81. The van der Waals surface area contributed by atoms with Crippen LogP contribution in [0.3, 0.4) is 0 Å². The predicted molar refractivity (Wildman–Crippen MR) is 94.1 cm³/mol. The van der Waals surface area contributed by atoms with Crippen molar-refractivity contribution >= 4 is 5.91 Å². The molecule has 0 unspecified atom stereocenters. The Hall–Kier alpha value is -1.62. The first-order valence-corrected chi connectivity index (χ1v) is 9.03. The highest BCUT2D eigenvalue weighted by atomic mass is 16.5. The first-order valence-electron chi connectivity index (χ1n) is 9.03. The molecule has 1 saturated heterocycles. The standard InChI is InChI=1S/C19H29N3O2/c1-19(2,3)18(23)22-6-4-13-9-17(13)14-8-16(11-20-10-14)24-12-15-5-7-21-15/h8,10-11,13,15,17,21H,4-7,9,12H2,1-3H3,(H,22,23)/t13-,15+,17+/m1/s1. The Bertz CT molecular complexity index is 578. The second kappa shape index (κ2) is 7.09. The van der Waals surface area contributed by atoms with Gasteiger partial charge in [0.05, 0.1) is 6.20 Å². The summed E-state index contributed by atoms with van der Waals surface area (Å²) in [5.74, 6) is 2.21. The third-order valence-electron chi connectivity index (χ3n) is 4.94. The quantitative estimate of drug-likeness (QED) is 0.806. The van der Waals surface area contributed by atoms with Crippen LogP contribution in [0.15, 0.2) is 18.5 Å². The van der Waals surface area contributed by atoms with Crippen molar-refractivity contribution in [2.45, 2.75) is 52.0 Å². The Morgan fingerprint density at radius 3 is 2.88 bits per heavy atom. The average Bonchev–Trinajstić information content (AvgIpc) is 3.24. The molecular weight excluding hydrogens is 302 g/mol. The van der Waals surface area contributed by atoms with Gasteiger partial charge in [0.1, 0.15) is 12.4 Å². The lowest BCUT2D eigenvalue weighted by Gasteiger charge is -2.27. The van der Waals surface area contributed by atoms with Gasteiger partial charge in [0.2, 0.25) is 5.91 Å². The predicted octanol–water partition coefficient (Wildman–Crippen LogP) is 2.48. The zero-order chi connectivity index (χ0) is 17.2. The van der Waals surface area contributed by atoms with Crippen LogP contribution >= 0.6 is 0 Å². The molecule has 0 radical (unpaired) electrons. The fraction of sp³-hybridized carbons (Fsp3) is 0.684. The lowest BCUT2D eigenvalue weighted by molar-refractivity contribution is -0.128. The summed E-state index contributed by atoms with van der Waals surface area (Å²) in [4.78, 5) is 16.2. The van der Waals surface area contributed by atoms with E-state index in [1.807, 2.05) is 27.0 Å². The summed E-state index contributed by atoms with van der Waals surface area (Å²) in [6, 6.07) is 2.62. The molecule has 0 spiro atoms. The summed E-state index contributed by atoms with van der Waals surface area (Å²) in [6.07, 6.45) is 7.15. The number of ether oxygens (including phenoxy) is 1. The van der Waals surface area contributed by atoms with Gasteiger partial charge in [0.15, 0.2) is 0 Å². The molecular formula is C19H29N3O2. The van der Waals surface area contributed by atoms with Crippen LogP contribution in [-0.4, -0.2) is 36.6 Å². The van der Waals surface area contributed by atoms with Gasteiger partial charge in [-0.1, -0.05) is 20.8 Å². The third kappa shape index (κ3) is 4.47. The maximum Gasteiger partial charge on any atom is 0.225 e. The molecule has 1 aliphatic heterocycles. The second-order valence-corrected chi connectivity index (χ2v) is 8.10. The van der Waals surface area contributed by atoms with E-state index >= 15 is 0 Å². The third-order valence-corrected chi connectivity index (χ3v) is 4.94. The monoisotopic (exact) mass is 331 g/mol. The lowest BCUT2D eigenvalue weighted by Crippen LogP contribution is -2.46. The Balaban J connectivity index is 1.42. The fourth-order valence-corrected chi connectivity index (χ4v) is 3.02. The molecule has 2 fully saturated rings. The number of amides is 1. The van der Waals surface area contributed by atoms with Crippen LogP contribution in [-0.2, 0) is 4.79 Å². The maximum absolute atomic E-state index is 11.9. The minimum absolute atomic E-state index is 0.126. The van der Waals surface area contributed by atoms with E-state index in [9.17, 15) is 4.79 Å². The molecule has 1 aliphatic carbocycles. The summed E-state index contributed by atoms with van der Waals surface area (Å²) in [5.41, 5.74) is 0.953. The number of rotatable bonds is 7. The van der Waals surface area contributed by atoms with Crippen molar-refractivity contribution in [1.29, 1.82) is 0 Å². The molecule has 132 valence electrons. The molecule has 5 nitrogen and oxygen atoms in total. The largest absolute Gasteiger partial charge is 0.490 e. The van der Waals surface area contributed by atoms with Gasteiger partial charge in [-0.3, -0.25) is 9.78 Å². The van der Waals surface area contributed by atoms with Gasteiger partial charge in [0.25, 0.3) is 0 Å². The molecule has 1 saturated carbocycles. The van der Waals surface area contributed by atoms with Gasteiger partial charge >= 0.3 is 0 Å². The van der Waals surface area contributed by atoms with Gasteiger partial charge in [-0.2, -0.15) is 0 Å². The summed E-state index contributed by atoms with van der Waals surface area (Å²) in [5, 5.41) is 6.37. The molecule has 2 aliphatic rings. The van der Waals surface area contributed by atoms with Crippen LogP contribution in [0.2, 0.25) is 0 Å². The van der Waals surface area contributed by atoms with Crippen LogP contribution in [0, 0.1) is 11.3 Å². The summed E-state index contributed by atoms with van der Waals surface area (Å²) in [7, 11) is 0. The molecule has 2 N–H and O–H groups in total. The average molecular weight is 331 g/mol. The minimum atomic E-state index is -0.312. The van der Waals surface area contributed by atoms with Crippen LogP contribution in [0.4, 0.5) is 0 Å². The fourth-order valence-electron chi connectivity index (χ4n) is 3.02. The zero-order valence-electron chi connectivity index (χ0n) is 15.0. The highest BCUT2D eigenvalue weighted by Gasteiger charge is 2.38. The van der Waals surface area contributed by atoms with E-state index < -0.39 is 0 Å². The Kier molecular flexibility index (Phi) is 5.09. The van der Waals surface area contributed by atoms with Crippen molar-refractivity contribution in [3.05, 3.63) is 24.0 Å². The number of carbonyl (C=O) groups is 1. The molecule has 3 atom stereocenters. The number of nitrogens with one attached hydrogen (secondary N) is 2. The summed E-state index contributed by atoms with van der Waals surface area (Å²) in [6.45, 7) is 8.41. The van der Waals surface area contributed by atoms with Crippen molar-refractivity contribution in [3.8, 4) is 5.75 Å². The number of nitrogens with zero attached hydrogens (tertiary/aromatic N) is 1. The summed E-state index contributed by atoms with van der Waals surface area (Å²) < 4.78 is 5.83. The van der Waals surface area contributed by atoms with E-state index in [-0.39, 0.29) is 11.3 Å². The maximum atomic E-state index is 11.9. The van der Waals surface area contributed by atoms with Gasteiger partial charge < -0.3 is 15.4 Å². The van der Waals surface area contributed by atoms with Gasteiger partial charge in [-0.05, 0) is 49.3 Å². The van der Waals surface area contributed by atoms with E-state index in [2.05, 4.69) is 21.7 Å². The van der Waals surface area contributed by atoms with Gasteiger partial charge in [0, 0.05) is 24.2 Å². The number of hydrogen-bond acceptors (Lipinski definition) is 4. The number of aromatic nitrogens is 1. The normalized spacial score (nSPS) is 25.7. The van der Waals surface area contributed by atoms with E-state index in [0.29, 0.717) is 17.9 Å². The van der Waals surface area contributed by atoms with E-state index in [0.717, 1.165) is 31.9 Å². The molecule has 0 aromatic carbocycles. The van der Waals surface area contributed by atoms with Gasteiger partial charge in [-0.15, -0.1) is 0 Å². The van der Waals surface area contributed by atoms with Crippen molar-refractivity contribution < 1.29 is 9.53 Å². The summed E-state index contributed by atoms with van der Waals surface area (Å²) >= 11 is 0. The van der Waals surface area contributed by atoms with Crippen LogP contribution in [0.25, 0.3) is 0 Å². The Morgan fingerprint density at radius 1 is 1.42 bits per heavy atom.